The minimum Gasteiger partial charge on any atom is -0.379 e. The van der Waals surface area contributed by atoms with Crippen LogP contribution in [0.2, 0.25) is 12.1 Å². The molecule has 0 spiro atoms. The smallest absolute Gasteiger partial charge is 0.0756 e. The molecule has 1 unspecified atom stereocenters. The van der Waals surface area contributed by atoms with Gasteiger partial charge in [-0.25, -0.2) is 0 Å². The summed E-state index contributed by atoms with van der Waals surface area (Å²) in [6.07, 6.45) is 9.03. The Hall–Kier alpha value is 0.137. The van der Waals surface area contributed by atoms with Crippen molar-refractivity contribution in [2.75, 3.05) is 13.2 Å². The van der Waals surface area contributed by atoms with Crippen LogP contribution in [0.5, 0.6) is 0 Å². The summed E-state index contributed by atoms with van der Waals surface area (Å²) in [6, 6.07) is 2.91. The molecule has 0 amide bonds. The van der Waals surface area contributed by atoms with Gasteiger partial charge in [0.1, 0.15) is 0 Å². The zero-order chi connectivity index (χ0) is 12.6. The summed E-state index contributed by atoms with van der Waals surface area (Å²) in [4.78, 5) is 0. The lowest BCUT2D eigenvalue weighted by Gasteiger charge is -2.43. The Labute approximate surface area is 109 Å². The summed E-state index contributed by atoms with van der Waals surface area (Å²) in [5, 5.41) is 0.309. The predicted molar refractivity (Wildman–Crippen MR) is 78.2 cm³/mol. The summed E-state index contributed by atoms with van der Waals surface area (Å²) in [7, 11) is -0.760. The standard InChI is InChI=1S/C14H31NOSi/c1-3-12-17(13-4-2)14(9-7-10-15)8-5-6-11-16-14/h17H,3-13,15H2,1-2H3. The number of ether oxygens (including phenoxy) is 1. The van der Waals surface area contributed by atoms with E-state index in [2.05, 4.69) is 13.8 Å². The van der Waals surface area contributed by atoms with Gasteiger partial charge in [0.2, 0.25) is 0 Å². The number of hydrogen-bond acceptors (Lipinski definition) is 2. The molecule has 1 heterocycles. The average Bonchev–Trinajstić information content (AvgIpc) is 2.37. The average molecular weight is 257 g/mol. The van der Waals surface area contributed by atoms with Gasteiger partial charge in [0.05, 0.1) is 14.0 Å². The SMILES string of the molecule is CCC[SiH](CCC)C1(CCCN)CCCCO1. The third-order valence-electron chi connectivity index (χ3n) is 4.21. The van der Waals surface area contributed by atoms with E-state index in [0.29, 0.717) is 5.22 Å². The summed E-state index contributed by atoms with van der Waals surface area (Å²) >= 11 is 0. The van der Waals surface area contributed by atoms with Crippen molar-refractivity contribution in [3.63, 3.8) is 0 Å². The van der Waals surface area contributed by atoms with E-state index < -0.39 is 8.80 Å². The third kappa shape index (κ3) is 4.38. The molecule has 1 atom stereocenters. The van der Waals surface area contributed by atoms with Crippen molar-refractivity contribution in [3.05, 3.63) is 0 Å². The topological polar surface area (TPSA) is 35.2 Å². The highest BCUT2D eigenvalue weighted by Gasteiger charge is 2.40. The van der Waals surface area contributed by atoms with Crippen LogP contribution in [-0.2, 0) is 4.74 Å². The molecular formula is C14H31NOSi. The summed E-state index contributed by atoms with van der Waals surface area (Å²) in [5.74, 6) is 0. The van der Waals surface area contributed by atoms with Crippen molar-refractivity contribution in [1.82, 2.24) is 0 Å². The Morgan fingerprint density at radius 2 is 1.88 bits per heavy atom. The van der Waals surface area contributed by atoms with Crippen LogP contribution < -0.4 is 5.73 Å². The van der Waals surface area contributed by atoms with Gasteiger partial charge in [-0.1, -0.05) is 38.8 Å². The summed E-state index contributed by atoms with van der Waals surface area (Å²) < 4.78 is 6.34. The third-order valence-corrected chi connectivity index (χ3v) is 8.99. The normalized spacial score (nSPS) is 25.4. The first-order valence-corrected chi connectivity index (χ1v) is 9.84. The molecule has 1 rings (SSSR count). The maximum absolute atomic E-state index is 6.34. The van der Waals surface area contributed by atoms with Crippen LogP contribution >= 0.6 is 0 Å². The van der Waals surface area contributed by atoms with Gasteiger partial charge in [-0.05, 0) is 38.6 Å². The predicted octanol–water partition coefficient (Wildman–Crippen LogP) is 3.25. The zero-order valence-electron chi connectivity index (χ0n) is 11.8. The van der Waals surface area contributed by atoms with Crippen LogP contribution in [0.15, 0.2) is 0 Å². The molecule has 0 radical (unpaired) electrons. The van der Waals surface area contributed by atoms with Crippen LogP contribution in [0.4, 0.5) is 0 Å². The van der Waals surface area contributed by atoms with Crippen LogP contribution in [-0.4, -0.2) is 27.2 Å². The van der Waals surface area contributed by atoms with Gasteiger partial charge in [0.15, 0.2) is 0 Å². The van der Waals surface area contributed by atoms with Gasteiger partial charge in [-0.3, -0.25) is 0 Å². The molecule has 1 aliphatic rings. The van der Waals surface area contributed by atoms with Crippen LogP contribution in [0.1, 0.15) is 58.8 Å². The number of nitrogens with two attached hydrogens (primary N) is 1. The molecular weight excluding hydrogens is 226 g/mol. The Balaban J connectivity index is 2.68. The molecule has 0 aliphatic carbocycles. The minimum atomic E-state index is -0.760. The van der Waals surface area contributed by atoms with Crippen LogP contribution in [0.3, 0.4) is 0 Å². The van der Waals surface area contributed by atoms with Crippen molar-refractivity contribution in [2.45, 2.75) is 76.1 Å². The first kappa shape index (κ1) is 15.2. The molecule has 1 fully saturated rings. The first-order valence-electron chi connectivity index (χ1n) is 7.63. The van der Waals surface area contributed by atoms with E-state index in [0.717, 1.165) is 19.6 Å². The van der Waals surface area contributed by atoms with Crippen molar-refractivity contribution < 1.29 is 4.74 Å². The van der Waals surface area contributed by atoms with Crippen molar-refractivity contribution in [1.29, 1.82) is 0 Å². The number of hydrogen-bond donors (Lipinski definition) is 1. The highest BCUT2D eigenvalue weighted by molar-refractivity contribution is 6.62. The van der Waals surface area contributed by atoms with Crippen LogP contribution in [0, 0.1) is 0 Å². The van der Waals surface area contributed by atoms with Crippen molar-refractivity contribution >= 4 is 8.80 Å². The lowest BCUT2D eigenvalue weighted by Crippen LogP contribution is -2.50. The summed E-state index contributed by atoms with van der Waals surface area (Å²) in [6.45, 7) is 6.48. The van der Waals surface area contributed by atoms with E-state index in [1.165, 1.54) is 50.6 Å². The minimum absolute atomic E-state index is 0.309. The van der Waals surface area contributed by atoms with E-state index in [1.807, 2.05) is 0 Å². The second-order valence-electron chi connectivity index (χ2n) is 5.54. The van der Waals surface area contributed by atoms with E-state index in [-0.39, 0.29) is 0 Å². The Morgan fingerprint density at radius 3 is 2.35 bits per heavy atom. The molecule has 0 aromatic carbocycles. The second kappa shape index (κ2) is 8.28. The van der Waals surface area contributed by atoms with Gasteiger partial charge in [0, 0.05) is 6.61 Å². The van der Waals surface area contributed by atoms with Gasteiger partial charge in [-0.2, -0.15) is 0 Å². The van der Waals surface area contributed by atoms with Crippen molar-refractivity contribution in [2.24, 2.45) is 5.73 Å². The fourth-order valence-corrected chi connectivity index (χ4v) is 7.68. The largest absolute Gasteiger partial charge is 0.379 e. The quantitative estimate of drug-likeness (QED) is 0.678. The highest BCUT2D eigenvalue weighted by Crippen LogP contribution is 2.35. The van der Waals surface area contributed by atoms with Crippen LogP contribution in [0.25, 0.3) is 0 Å². The second-order valence-corrected chi connectivity index (χ2v) is 9.14. The van der Waals surface area contributed by atoms with Gasteiger partial charge in [0.25, 0.3) is 0 Å². The molecule has 0 aromatic rings. The maximum Gasteiger partial charge on any atom is 0.0756 e. The molecule has 0 bridgehead atoms. The Bertz CT molecular complexity index is 187. The van der Waals surface area contributed by atoms with E-state index in [1.54, 1.807) is 0 Å². The van der Waals surface area contributed by atoms with E-state index in [9.17, 15) is 0 Å². The molecule has 1 aliphatic heterocycles. The van der Waals surface area contributed by atoms with E-state index >= 15 is 0 Å². The molecule has 1 saturated heterocycles. The molecule has 2 N–H and O–H groups in total. The number of rotatable bonds is 8. The highest BCUT2D eigenvalue weighted by atomic mass is 28.3. The van der Waals surface area contributed by atoms with Gasteiger partial charge >= 0.3 is 0 Å². The molecule has 3 heteroatoms. The van der Waals surface area contributed by atoms with Gasteiger partial charge < -0.3 is 10.5 Å². The van der Waals surface area contributed by atoms with Gasteiger partial charge in [-0.15, -0.1) is 0 Å². The first-order chi connectivity index (χ1) is 8.29. The van der Waals surface area contributed by atoms with Crippen molar-refractivity contribution in [3.8, 4) is 0 Å². The molecule has 17 heavy (non-hydrogen) atoms. The summed E-state index contributed by atoms with van der Waals surface area (Å²) in [5.41, 5.74) is 5.71. The molecule has 0 aromatic heterocycles. The van der Waals surface area contributed by atoms with E-state index in [4.69, 9.17) is 10.5 Å². The lowest BCUT2D eigenvalue weighted by molar-refractivity contribution is -0.0297. The molecule has 0 saturated carbocycles. The zero-order valence-corrected chi connectivity index (χ0v) is 13.0. The molecule has 102 valence electrons. The molecule has 2 nitrogen and oxygen atoms in total. The fourth-order valence-electron chi connectivity index (χ4n) is 3.37. The lowest BCUT2D eigenvalue weighted by atomic mass is 10.0. The maximum atomic E-state index is 6.34. The monoisotopic (exact) mass is 257 g/mol. The fraction of sp³-hybridized carbons (Fsp3) is 1.00. The Kier molecular flexibility index (Phi) is 7.40. The Morgan fingerprint density at radius 1 is 1.18 bits per heavy atom.